The van der Waals surface area contributed by atoms with Crippen molar-refractivity contribution in [2.75, 3.05) is 0 Å². The van der Waals surface area contributed by atoms with Crippen molar-refractivity contribution in [2.45, 2.75) is 164 Å². The van der Waals surface area contributed by atoms with Crippen molar-refractivity contribution >= 4 is 17.9 Å². The predicted octanol–water partition coefficient (Wildman–Crippen LogP) is 8.68. The summed E-state index contributed by atoms with van der Waals surface area (Å²) in [6.07, 6.45) is 14.0. The van der Waals surface area contributed by atoms with Crippen LogP contribution >= 0.6 is 0 Å². The predicted molar refractivity (Wildman–Crippen MR) is 174 cm³/mol. The molecule has 0 spiro atoms. The minimum atomic E-state index is -1.18. The summed E-state index contributed by atoms with van der Waals surface area (Å²) in [7, 11) is 0. The van der Waals surface area contributed by atoms with Gasteiger partial charge < -0.3 is 14.2 Å². The Morgan fingerprint density at radius 2 is 1.40 bits per heavy atom. The van der Waals surface area contributed by atoms with Crippen molar-refractivity contribution in [1.82, 2.24) is 0 Å². The number of hydrogen-bond donors (Lipinski definition) is 0. The Morgan fingerprint density at radius 1 is 0.778 bits per heavy atom. The highest BCUT2D eigenvalue weighted by atomic mass is 16.7. The van der Waals surface area contributed by atoms with Gasteiger partial charge in [-0.15, -0.1) is 0 Å². The number of hydrogen-bond acceptors (Lipinski definition) is 6. The van der Waals surface area contributed by atoms with E-state index in [9.17, 15) is 14.4 Å². The highest BCUT2D eigenvalue weighted by Crippen LogP contribution is 2.78. The van der Waals surface area contributed by atoms with E-state index >= 15 is 0 Å². The van der Waals surface area contributed by atoms with Gasteiger partial charge in [0.25, 0.3) is 0 Å². The number of esters is 3. The highest BCUT2D eigenvalue weighted by molar-refractivity contribution is 5.82. The maximum Gasteiger partial charge on any atom is 0.352 e. The fraction of sp³-hybridized carbons (Fsp3) is 0.923. The summed E-state index contributed by atoms with van der Waals surface area (Å²) in [5.41, 5.74) is 2.15. The van der Waals surface area contributed by atoms with Crippen molar-refractivity contribution in [3.8, 4) is 0 Å². The van der Waals surface area contributed by atoms with Crippen LogP contribution in [-0.4, -0.2) is 36.2 Å². The van der Waals surface area contributed by atoms with Gasteiger partial charge in [0.1, 0.15) is 6.10 Å². The Kier molecular flexibility index (Phi) is 8.33. The van der Waals surface area contributed by atoms with Crippen molar-refractivity contribution in [2.24, 2.45) is 62.6 Å². The first kappa shape index (κ1) is 33.3. The molecule has 0 aromatic rings. The van der Waals surface area contributed by atoms with E-state index < -0.39 is 36.2 Å². The van der Waals surface area contributed by atoms with Gasteiger partial charge in [-0.25, -0.2) is 4.79 Å². The third kappa shape index (κ3) is 5.02. The van der Waals surface area contributed by atoms with Gasteiger partial charge in [0, 0.05) is 13.8 Å². The molecule has 45 heavy (non-hydrogen) atoms. The average Bonchev–Trinajstić information content (AvgIpc) is 3.42. The van der Waals surface area contributed by atoms with E-state index in [0.717, 1.165) is 30.1 Å². The molecule has 0 bridgehead atoms. The Labute approximate surface area is 272 Å². The largest absolute Gasteiger partial charge is 0.455 e. The molecule has 6 rings (SSSR count). The minimum absolute atomic E-state index is 0.379. The molecule has 1 heterocycles. The third-order valence-electron chi connectivity index (χ3n) is 16.2. The van der Waals surface area contributed by atoms with Crippen molar-refractivity contribution in [3.05, 3.63) is 0 Å². The molecule has 0 N–H and O–H groups in total. The number of carbonyl (C=O) groups is 3. The van der Waals surface area contributed by atoms with Crippen LogP contribution in [0.1, 0.15) is 146 Å². The normalized spacial score (nSPS) is 49.0. The maximum absolute atomic E-state index is 12.6. The second-order valence-electron chi connectivity index (χ2n) is 18.4. The lowest BCUT2D eigenvalue weighted by molar-refractivity contribution is -0.241. The summed E-state index contributed by atoms with van der Waals surface area (Å²) in [4.78, 5) is 36.1. The zero-order valence-corrected chi connectivity index (χ0v) is 29.8. The van der Waals surface area contributed by atoms with E-state index in [-0.39, 0.29) is 0 Å². The van der Waals surface area contributed by atoms with Gasteiger partial charge in [0.2, 0.25) is 6.10 Å². The summed E-state index contributed by atoms with van der Waals surface area (Å²) in [6, 6.07) is 0. The number of rotatable bonds is 6. The molecular weight excluding hydrogens is 564 g/mol. The number of fused-ring (bicyclic) bond motifs is 7. The summed E-state index contributed by atoms with van der Waals surface area (Å²) in [5.74, 6) is 2.68. The van der Waals surface area contributed by atoms with E-state index in [1.54, 1.807) is 0 Å². The Hall–Kier alpha value is -1.59. The molecule has 0 aromatic heterocycles. The van der Waals surface area contributed by atoms with E-state index in [1.165, 1.54) is 84.5 Å². The maximum atomic E-state index is 12.6. The standard InChI is InChI=1S/C39H62O6/c1-23(11-12-28-32(43-24(2)40)33(34(42)45-28)44-25(3)41)26-15-20-36(6)27(26)16-21-38(8)30(36)13-14-31-37(7)19-10-18-35(4,5)29(37)17-22-39(31,38)9/h23,26-33H,10-22H2,1-9H3/t23?,26-,27+,28-,29+,30-,31-,32-,33-,36+,37+,38-,39-/m1/s1. The second kappa shape index (κ2) is 11.2. The summed E-state index contributed by atoms with van der Waals surface area (Å²) in [5, 5.41) is 0. The fourth-order valence-corrected chi connectivity index (χ4v) is 14.1. The van der Waals surface area contributed by atoms with Crippen LogP contribution in [0.3, 0.4) is 0 Å². The molecular formula is C39H62O6. The van der Waals surface area contributed by atoms with Crippen LogP contribution in [-0.2, 0) is 28.6 Å². The lowest BCUT2D eigenvalue weighted by Crippen LogP contribution is -2.65. The zero-order chi connectivity index (χ0) is 32.7. The Morgan fingerprint density at radius 3 is 2.04 bits per heavy atom. The van der Waals surface area contributed by atoms with Crippen LogP contribution < -0.4 is 0 Å². The van der Waals surface area contributed by atoms with Gasteiger partial charge in [0.05, 0.1) is 0 Å². The molecule has 6 aliphatic rings. The van der Waals surface area contributed by atoms with E-state index in [0.29, 0.717) is 45.3 Å². The Balaban J connectivity index is 1.16. The number of ether oxygens (including phenoxy) is 3. The van der Waals surface area contributed by atoms with Gasteiger partial charge in [0.15, 0.2) is 6.10 Å². The van der Waals surface area contributed by atoms with Gasteiger partial charge in [-0.1, -0.05) is 54.9 Å². The third-order valence-corrected chi connectivity index (χ3v) is 16.2. The van der Waals surface area contributed by atoms with Crippen molar-refractivity contribution in [1.29, 1.82) is 0 Å². The summed E-state index contributed by atoms with van der Waals surface area (Å²) < 4.78 is 16.3. The minimum Gasteiger partial charge on any atom is -0.455 e. The van der Waals surface area contributed by atoms with Gasteiger partial charge >= 0.3 is 17.9 Å². The molecule has 13 atom stereocenters. The van der Waals surface area contributed by atoms with Crippen molar-refractivity contribution in [3.63, 3.8) is 0 Å². The summed E-state index contributed by atoms with van der Waals surface area (Å²) in [6.45, 7) is 21.0. The van der Waals surface area contributed by atoms with Crippen LogP contribution in [0, 0.1) is 62.6 Å². The van der Waals surface area contributed by atoms with Crippen LogP contribution in [0.4, 0.5) is 0 Å². The van der Waals surface area contributed by atoms with Crippen LogP contribution in [0.5, 0.6) is 0 Å². The van der Waals surface area contributed by atoms with Crippen LogP contribution in [0.15, 0.2) is 0 Å². The highest BCUT2D eigenvalue weighted by Gasteiger charge is 2.70. The molecule has 5 saturated carbocycles. The molecule has 1 unspecified atom stereocenters. The molecule has 5 aliphatic carbocycles. The number of carbonyl (C=O) groups excluding carboxylic acids is 3. The Bertz CT molecular complexity index is 1190. The molecule has 6 heteroatoms. The summed E-state index contributed by atoms with van der Waals surface area (Å²) >= 11 is 0. The first-order chi connectivity index (χ1) is 21.0. The molecule has 0 radical (unpaired) electrons. The zero-order valence-electron chi connectivity index (χ0n) is 29.8. The van der Waals surface area contributed by atoms with Gasteiger partial charge in [-0.3, -0.25) is 9.59 Å². The molecule has 6 fully saturated rings. The second-order valence-corrected chi connectivity index (χ2v) is 18.4. The quantitative estimate of drug-likeness (QED) is 0.217. The van der Waals surface area contributed by atoms with Crippen LogP contribution in [0.25, 0.3) is 0 Å². The first-order valence-corrected chi connectivity index (χ1v) is 18.5. The molecule has 0 amide bonds. The topological polar surface area (TPSA) is 78.9 Å². The van der Waals surface area contributed by atoms with Crippen molar-refractivity contribution < 1.29 is 28.6 Å². The fourth-order valence-electron chi connectivity index (χ4n) is 14.1. The average molecular weight is 627 g/mol. The monoisotopic (exact) mass is 626 g/mol. The molecule has 254 valence electrons. The number of cyclic esters (lactones) is 1. The molecule has 0 aromatic carbocycles. The van der Waals surface area contributed by atoms with E-state index in [4.69, 9.17) is 14.2 Å². The van der Waals surface area contributed by atoms with E-state index in [1.807, 2.05) is 0 Å². The lowest BCUT2D eigenvalue weighted by atomic mass is 9.32. The SMILES string of the molecule is CC(=O)O[C@@H]1[C@@H](CCC(C)[C@H]2CC[C@]3(C)[C@H]4CC[C@@H]5[C@@]6(C)CCCC(C)(C)[C@@H]6CC[C@@]5(C)[C@]4(C)CC[C@@H]23)OC(=O)[C@@H]1OC(C)=O. The molecule has 6 nitrogen and oxygen atoms in total. The van der Waals surface area contributed by atoms with Gasteiger partial charge in [-0.05, 0) is 140 Å². The van der Waals surface area contributed by atoms with E-state index in [2.05, 4.69) is 48.5 Å². The molecule has 1 aliphatic heterocycles. The molecule has 1 saturated heterocycles. The van der Waals surface area contributed by atoms with Gasteiger partial charge in [-0.2, -0.15) is 0 Å². The smallest absolute Gasteiger partial charge is 0.352 e. The lowest BCUT2D eigenvalue weighted by Gasteiger charge is -2.73. The van der Waals surface area contributed by atoms with Crippen LogP contribution in [0.2, 0.25) is 0 Å². The first-order valence-electron chi connectivity index (χ1n) is 18.5.